The molecule has 1 amide bonds. The second-order valence-electron chi connectivity index (χ2n) is 5.08. The number of nitrogen functional groups attached to an aromatic ring is 1. The number of carbonyl (C=O) groups excluding carboxylic acids is 1. The molecule has 3 N–H and O–H groups in total. The molecule has 1 heterocycles. The number of benzene rings is 1. The molecule has 0 bridgehead atoms. The number of carbonyl (C=O) groups is 1. The van der Waals surface area contributed by atoms with Crippen molar-refractivity contribution < 1.29 is 4.79 Å². The zero-order chi connectivity index (χ0) is 15.1. The van der Waals surface area contributed by atoms with Crippen LogP contribution in [-0.4, -0.2) is 10.9 Å². The zero-order valence-electron chi connectivity index (χ0n) is 12.3. The van der Waals surface area contributed by atoms with Gasteiger partial charge in [0.25, 0.3) is 5.91 Å². The first-order chi connectivity index (χ1) is 10.2. The summed E-state index contributed by atoms with van der Waals surface area (Å²) < 4.78 is 0. The monoisotopic (exact) mass is 283 g/mol. The van der Waals surface area contributed by atoms with Crippen LogP contribution in [0.15, 0.2) is 42.6 Å². The molecule has 110 valence electrons. The highest BCUT2D eigenvalue weighted by Gasteiger charge is 2.07. The molecule has 4 nitrogen and oxygen atoms in total. The summed E-state index contributed by atoms with van der Waals surface area (Å²) >= 11 is 0. The fourth-order valence-corrected chi connectivity index (χ4v) is 2.07. The molecule has 0 spiro atoms. The first-order valence-corrected chi connectivity index (χ1v) is 7.31. The van der Waals surface area contributed by atoms with Crippen LogP contribution in [0.2, 0.25) is 0 Å². The fourth-order valence-electron chi connectivity index (χ4n) is 2.07. The lowest BCUT2D eigenvalue weighted by Crippen LogP contribution is -2.13. The van der Waals surface area contributed by atoms with Crippen LogP contribution in [0.3, 0.4) is 0 Å². The molecule has 0 saturated carbocycles. The van der Waals surface area contributed by atoms with Gasteiger partial charge >= 0.3 is 0 Å². The second-order valence-corrected chi connectivity index (χ2v) is 5.08. The van der Waals surface area contributed by atoms with Crippen molar-refractivity contribution in [2.45, 2.75) is 32.6 Å². The predicted octanol–water partition coefficient (Wildman–Crippen LogP) is 3.65. The van der Waals surface area contributed by atoms with Crippen molar-refractivity contribution in [1.82, 2.24) is 4.98 Å². The second kappa shape index (κ2) is 7.43. The molecule has 0 aliphatic rings. The minimum Gasteiger partial charge on any atom is -0.397 e. The van der Waals surface area contributed by atoms with Crippen molar-refractivity contribution in [2.75, 3.05) is 11.1 Å². The van der Waals surface area contributed by atoms with Crippen molar-refractivity contribution in [3.63, 3.8) is 0 Å². The van der Waals surface area contributed by atoms with Crippen LogP contribution in [0, 0.1) is 0 Å². The highest BCUT2D eigenvalue weighted by atomic mass is 16.1. The summed E-state index contributed by atoms with van der Waals surface area (Å²) in [5.41, 5.74) is 8.53. The van der Waals surface area contributed by atoms with E-state index in [-0.39, 0.29) is 5.91 Å². The predicted molar refractivity (Wildman–Crippen MR) is 86.3 cm³/mol. The molecule has 1 aromatic carbocycles. The highest BCUT2D eigenvalue weighted by Crippen LogP contribution is 2.13. The Balaban J connectivity index is 1.93. The van der Waals surface area contributed by atoms with E-state index in [2.05, 4.69) is 29.4 Å². The van der Waals surface area contributed by atoms with Crippen molar-refractivity contribution in [2.24, 2.45) is 0 Å². The lowest BCUT2D eigenvalue weighted by Gasteiger charge is -2.06. The summed E-state index contributed by atoms with van der Waals surface area (Å²) in [5.74, 6) is -0.228. The fraction of sp³-hybridized carbons (Fsp3) is 0.294. The van der Waals surface area contributed by atoms with Crippen LogP contribution < -0.4 is 11.1 Å². The molecule has 0 radical (unpaired) electrons. The van der Waals surface area contributed by atoms with Gasteiger partial charge in [0.05, 0.1) is 11.9 Å². The number of amides is 1. The molecule has 0 fully saturated rings. The van der Waals surface area contributed by atoms with Gasteiger partial charge in [0.2, 0.25) is 0 Å². The third-order valence-electron chi connectivity index (χ3n) is 3.30. The molecule has 0 aliphatic heterocycles. The van der Waals surface area contributed by atoms with Crippen LogP contribution >= 0.6 is 0 Å². The molecule has 2 aromatic rings. The molecule has 2 rings (SSSR count). The lowest BCUT2D eigenvalue weighted by molar-refractivity contribution is 0.102. The van der Waals surface area contributed by atoms with E-state index in [9.17, 15) is 4.79 Å². The summed E-state index contributed by atoms with van der Waals surface area (Å²) in [4.78, 5) is 16.0. The molecule has 0 unspecified atom stereocenters. The van der Waals surface area contributed by atoms with Crippen LogP contribution in [0.5, 0.6) is 0 Å². The summed E-state index contributed by atoms with van der Waals surface area (Å²) in [5, 5.41) is 2.83. The minimum absolute atomic E-state index is 0.228. The molecular weight excluding hydrogens is 262 g/mol. The number of hydrogen-bond acceptors (Lipinski definition) is 3. The Kier molecular flexibility index (Phi) is 5.32. The Bertz CT molecular complexity index is 576. The number of nitrogens with one attached hydrogen (secondary N) is 1. The maximum atomic E-state index is 12.0. The number of rotatable bonds is 6. The Labute approximate surface area is 125 Å². The van der Waals surface area contributed by atoms with E-state index in [0.717, 1.165) is 12.1 Å². The van der Waals surface area contributed by atoms with Gasteiger partial charge in [-0.1, -0.05) is 31.9 Å². The number of hydrogen-bond donors (Lipinski definition) is 2. The maximum absolute atomic E-state index is 12.0. The summed E-state index contributed by atoms with van der Waals surface area (Å²) in [7, 11) is 0. The standard InChI is InChI=1S/C17H21N3O/c1-2-3-4-5-13-6-9-15(10-7-13)20-17(21)16-11-8-14(18)12-19-16/h6-12H,2-5,18H2,1H3,(H,20,21). The van der Waals surface area contributed by atoms with Gasteiger partial charge in [-0.2, -0.15) is 0 Å². The van der Waals surface area contributed by atoms with Crippen molar-refractivity contribution >= 4 is 17.3 Å². The number of unbranched alkanes of at least 4 members (excludes halogenated alkanes) is 2. The average Bonchev–Trinajstić information content (AvgIpc) is 2.50. The van der Waals surface area contributed by atoms with E-state index in [0.29, 0.717) is 11.4 Å². The number of nitrogens with zero attached hydrogens (tertiary/aromatic N) is 1. The van der Waals surface area contributed by atoms with Gasteiger partial charge in [-0.25, -0.2) is 4.98 Å². The average molecular weight is 283 g/mol. The van der Waals surface area contributed by atoms with E-state index in [1.54, 1.807) is 12.1 Å². The largest absolute Gasteiger partial charge is 0.397 e. The van der Waals surface area contributed by atoms with Gasteiger partial charge in [0.15, 0.2) is 0 Å². The summed E-state index contributed by atoms with van der Waals surface area (Å²) in [6.07, 6.45) is 6.24. The molecule has 0 atom stereocenters. The van der Waals surface area contributed by atoms with Gasteiger partial charge in [-0.15, -0.1) is 0 Å². The Hall–Kier alpha value is -2.36. The number of aromatic nitrogens is 1. The summed E-state index contributed by atoms with van der Waals surface area (Å²) in [6.45, 7) is 2.20. The maximum Gasteiger partial charge on any atom is 0.274 e. The van der Waals surface area contributed by atoms with E-state index in [1.165, 1.54) is 31.0 Å². The minimum atomic E-state index is -0.228. The zero-order valence-corrected chi connectivity index (χ0v) is 12.3. The highest BCUT2D eigenvalue weighted by molar-refractivity contribution is 6.02. The van der Waals surface area contributed by atoms with Gasteiger partial charge in [-0.3, -0.25) is 4.79 Å². The molecule has 0 aliphatic carbocycles. The van der Waals surface area contributed by atoms with Gasteiger partial charge in [0, 0.05) is 5.69 Å². The normalized spacial score (nSPS) is 10.3. The first kappa shape index (κ1) is 15.0. The Morgan fingerprint density at radius 2 is 1.90 bits per heavy atom. The number of anilines is 2. The van der Waals surface area contributed by atoms with Crippen LogP contribution in [-0.2, 0) is 6.42 Å². The molecule has 1 aromatic heterocycles. The van der Waals surface area contributed by atoms with Crippen LogP contribution in [0.1, 0.15) is 42.2 Å². The third kappa shape index (κ3) is 4.60. The molecule has 21 heavy (non-hydrogen) atoms. The number of aryl methyl sites for hydroxylation is 1. The third-order valence-corrected chi connectivity index (χ3v) is 3.30. The van der Waals surface area contributed by atoms with Crippen molar-refractivity contribution in [3.8, 4) is 0 Å². The smallest absolute Gasteiger partial charge is 0.274 e. The van der Waals surface area contributed by atoms with Crippen LogP contribution in [0.25, 0.3) is 0 Å². The van der Waals surface area contributed by atoms with Gasteiger partial charge < -0.3 is 11.1 Å². The van der Waals surface area contributed by atoms with Crippen molar-refractivity contribution in [3.05, 3.63) is 53.9 Å². The van der Waals surface area contributed by atoms with Gasteiger partial charge in [0.1, 0.15) is 5.69 Å². The Morgan fingerprint density at radius 1 is 1.14 bits per heavy atom. The number of nitrogens with two attached hydrogens (primary N) is 1. The van der Waals surface area contributed by atoms with Gasteiger partial charge in [-0.05, 0) is 42.7 Å². The van der Waals surface area contributed by atoms with E-state index >= 15 is 0 Å². The quantitative estimate of drug-likeness (QED) is 0.795. The summed E-state index contributed by atoms with van der Waals surface area (Å²) in [6, 6.07) is 11.2. The molecule has 0 saturated heterocycles. The molecular formula is C17H21N3O. The van der Waals surface area contributed by atoms with E-state index < -0.39 is 0 Å². The van der Waals surface area contributed by atoms with E-state index in [4.69, 9.17) is 5.73 Å². The SMILES string of the molecule is CCCCCc1ccc(NC(=O)c2ccc(N)cn2)cc1. The topological polar surface area (TPSA) is 68.0 Å². The molecule has 4 heteroatoms. The van der Waals surface area contributed by atoms with Crippen LogP contribution in [0.4, 0.5) is 11.4 Å². The van der Waals surface area contributed by atoms with Crippen molar-refractivity contribution in [1.29, 1.82) is 0 Å². The lowest BCUT2D eigenvalue weighted by atomic mass is 10.1. The van der Waals surface area contributed by atoms with E-state index in [1.807, 2.05) is 12.1 Å². The Morgan fingerprint density at radius 3 is 2.52 bits per heavy atom. The first-order valence-electron chi connectivity index (χ1n) is 7.31. The number of pyridine rings is 1.